The van der Waals surface area contributed by atoms with Crippen molar-refractivity contribution in [2.45, 2.75) is 18.4 Å². The van der Waals surface area contributed by atoms with Crippen LogP contribution in [0, 0.1) is 18.3 Å². The Morgan fingerprint density at radius 3 is 2.86 bits per heavy atom. The minimum absolute atomic E-state index is 0.0205. The largest absolute Gasteiger partial charge is 0.347 e. The molecule has 1 heterocycles. The summed E-state index contributed by atoms with van der Waals surface area (Å²) in [6, 6.07) is 7.72. The number of rotatable bonds is 4. The van der Waals surface area contributed by atoms with Gasteiger partial charge in [-0.15, -0.1) is 0 Å². The molecule has 7 heteroatoms. The SMILES string of the molecule is Cc1cnc(=O)n(CCS(=O)(=O)c2cccc(C#N)c2)c1. The Morgan fingerprint density at radius 2 is 2.14 bits per heavy atom. The summed E-state index contributed by atoms with van der Waals surface area (Å²) in [5, 5.41) is 8.80. The van der Waals surface area contributed by atoms with Crippen molar-refractivity contribution in [3.63, 3.8) is 0 Å². The molecule has 0 unspecified atom stereocenters. The highest BCUT2D eigenvalue weighted by Gasteiger charge is 2.15. The quantitative estimate of drug-likeness (QED) is 0.836. The Bertz CT molecular complexity index is 864. The van der Waals surface area contributed by atoms with E-state index in [1.54, 1.807) is 13.1 Å². The van der Waals surface area contributed by atoms with Gasteiger partial charge in [-0.05, 0) is 30.7 Å². The Hall–Kier alpha value is -2.46. The monoisotopic (exact) mass is 303 g/mol. The molecule has 1 aromatic carbocycles. The first-order valence-corrected chi connectivity index (χ1v) is 7.83. The third-order valence-corrected chi connectivity index (χ3v) is 4.60. The van der Waals surface area contributed by atoms with Gasteiger partial charge in [0.2, 0.25) is 0 Å². The second-order valence-corrected chi connectivity index (χ2v) is 6.67. The zero-order chi connectivity index (χ0) is 15.5. The lowest BCUT2D eigenvalue weighted by molar-refractivity contribution is 0.585. The van der Waals surface area contributed by atoms with Gasteiger partial charge >= 0.3 is 5.69 Å². The van der Waals surface area contributed by atoms with Gasteiger partial charge in [-0.25, -0.2) is 18.2 Å². The smallest absolute Gasteiger partial charge is 0.298 e. The van der Waals surface area contributed by atoms with Crippen molar-refractivity contribution in [2.24, 2.45) is 0 Å². The first-order valence-electron chi connectivity index (χ1n) is 6.18. The lowest BCUT2D eigenvalue weighted by Crippen LogP contribution is -2.26. The maximum absolute atomic E-state index is 12.2. The van der Waals surface area contributed by atoms with Crippen LogP contribution in [0.3, 0.4) is 0 Å². The number of benzene rings is 1. The molecular formula is C14H13N3O3S. The molecule has 1 aromatic heterocycles. The second kappa shape index (κ2) is 5.89. The van der Waals surface area contributed by atoms with Crippen LogP contribution in [0.25, 0.3) is 0 Å². The highest BCUT2D eigenvalue weighted by atomic mass is 32.2. The predicted octanol–water partition coefficient (Wildman–Crippen LogP) is 0.897. The Kier molecular flexibility index (Phi) is 4.19. The number of nitrogens with zero attached hydrogens (tertiary/aromatic N) is 3. The number of aryl methyl sites for hydroxylation is 2. The van der Waals surface area contributed by atoms with E-state index in [9.17, 15) is 13.2 Å². The van der Waals surface area contributed by atoms with Crippen LogP contribution in [-0.2, 0) is 16.4 Å². The van der Waals surface area contributed by atoms with Gasteiger partial charge in [0, 0.05) is 18.9 Å². The molecule has 2 aromatic rings. The third-order valence-electron chi connectivity index (χ3n) is 2.91. The number of nitriles is 1. The van der Waals surface area contributed by atoms with Crippen LogP contribution in [0.15, 0.2) is 46.3 Å². The first-order chi connectivity index (χ1) is 9.92. The molecule has 21 heavy (non-hydrogen) atoms. The fourth-order valence-corrected chi connectivity index (χ4v) is 3.09. The number of aromatic nitrogens is 2. The van der Waals surface area contributed by atoms with Gasteiger partial charge in [0.15, 0.2) is 9.84 Å². The molecule has 0 bridgehead atoms. The predicted molar refractivity (Wildman–Crippen MR) is 76.4 cm³/mol. The lowest BCUT2D eigenvalue weighted by atomic mass is 10.2. The third kappa shape index (κ3) is 3.55. The van der Waals surface area contributed by atoms with Gasteiger partial charge < -0.3 is 0 Å². The van der Waals surface area contributed by atoms with E-state index in [1.807, 2.05) is 6.07 Å². The molecule has 0 fully saturated rings. The van der Waals surface area contributed by atoms with Gasteiger partial charge in [0.1, 0.15) is 0 Å². The molecule has 0 spiro atoms. The maximum Gasteiger partial charge on any atom is 0.347 e. The number of hydrogen-bond donors (Lipinski definition) is 0. The van der Waals surface area contributed by atoms with Gasteiger partial charge in [-0.3, -0.25) is 4.57 Å². The van der Waals surface area contributed by atoms with E-state index in [0.29, 0.717) is 0 Å². The highest BCUT2D eigenvalue weighted by Crippen LogP contribution is 2.13. The van der Waals surface area contributed by atoms with Crippen molar-refractivity contribution in [1.29, 1.82) is 5.26 Å². The van der Waals surface area contributed by atoms with Crippen LogP contribution in [0.5, 0.6) is 0 Å². The van der Waals surface area contributed by atoms with E-state index in [-0.39, 0.29) is 22.8 Å². The standard InChI is InChI=1S/C14H13N3O3S/c1-11-9-16-14(18)17(10-11)5-6-21(19,20)13-4-2-3-12(7-13)8-15/h2-4,7,9-10H,5-6H2,1H3. The van der Waals surface area contributed by atoms with E-state index < -0.39 is 15.5 Å². The average molecular weight is 303 g/mol. The lowest BCUT2D eigenvalue weighted by Gasteiger charge is -2.07. The Labute approximate surface area is 122 Å². The highest BCUT2D eigenvalue weighted by molar-refractivity contribution is 7.91. The summed E-state index contributed by atoms with van der Waals surface area (Å²) < 4.78 is 25.7. The van der Waals surface area contributed by atoms with Crippen molar-refractivity contribution < 1.29 is 8.42 Å². The Morgan fingerprint density at radius 1 is 1.38 bits per heavy atom. The van der Waals surface area contributed by atoms with E-state index in [2.05, 4.69) is 4.98 Å². The summed E-state index contributed by atoms with van der Waals surface area (Å²) in [5.41, 5.74) is 0.575. The molecule has 0 saturated heterocycles. The van der Waals surface area contributed by atoms with Crippen LogP contribution in [0.4, 0.5) is 0 Å². The minimum atomic E-state index is -3.56. The zero-order valence-corrected chi connectivity index (χ0v) is 12.2. The van der Waals surface area contributed by atoms with Gasteiger partial charge in [0.25, 0.3) is 0 Å². The summed E-state index contributed by atoms with van der Waals surface area (Å²) in [5.74, 6) is -0.229. The van der Waals surface area contributed by atoms with Crippen molar-refractivity contribution in [3.8, 4) is 6.07 Å². The Balaban J connectivity index is 2.24. The summed E-state index contributed by atoms with van der Waals surface area (Å²) in [4.78, 5) is 15.3. The van der Waals surface area contributed by atoms with Crippen molar-refractivity contribution in [3.05, 3.63) is 58.3 Å². The van der Waals surface area contributed by atoms with Crippen molar-refractivity contribution in [2.75, 3.05) is 5.75 Å². The van der Waals surface area contributed by atoms with Gasteiger partial charge in [-0.1, -0.05) is 6.07 Å². The summed E-state index contributed by atoms with van der Waals surface area (Å²) >= 11 is 0. The van der Waals surface area contributed by atoms with E-state index in [0.717, 1.165) is 5.56 Å². The second-order valence-electron chi connectivity index (χ2n) is 4.57. The van der Waals surface area contributed by atoms with Crippen molar-refractivity contribution >= 4 is 9.84 Å². The molecule has 0 aliphatic carbocycles. The van der Waals surface area contributed by atoms with Crippen molar-refractivity contribution in [1.82, 2.24) is 9.55 Å². The molecule has 108 valence electrons. The number of hydrogen-bond acceptors (Lipinski definition) is 5. The molecule has 0 aliphatic rings. The van der Waals surface area contributed by atoms with Crippen LogP contribution < -0.4 is 5.69 Å². The fraction of sp³-hybridized carbons (Fsp3) is 0.214. The molecule has 0 N–H and O–H groups in total. The normalized spacial score (nSPS) is 11.0. The molecule has 0 saturated carbocycles. The molecule has 0 radical (unpaired) electrons. The van der Waals surface area contributed by atoms with E-state index in [4.69, 9.17) is 5.26 Å². The average Bonchev–Trinajstić information content (AvgIpc) is 2.48. The van der Waals surface area contributed by atoms with Crippen LogP contribution in [0.1, 0.15) is 11.1 Å². The van der Waals surface area contributed by atoms with Crippen LogP contribution >= 0.6 is 0 Å². The first kappa shape index (κ1) is 14.9. The van der Waals surface area contributed by atoms with Crippen LogP contribution in [-0.4, -0.2) is 23.7 Å². The molecule has 2 rings (SSSR count). The van der Waals surface area contributed by atoms with E-state index in [1.165, 1.54) is 35.0 Å². The molecule has 0 aliphatic heterocycles. The summed E-state index contributed by atoms with van der Waals surface area (Å²) in [7, 11) is -3.56. The zero-order valence-electron chi connectivity index (χ0n) is 11.4. The molecule has 6 nitrogen and oxygen atoms in total. The molecule has 0 atom stereocenters. The minimum Gasteiger partial charge on any atom is -0.298 e. The summed E-state index contributed by atoms with van der Waals surface area (Å²) in [6.07, 6.45) is 3.00. The molecule has 0 amide bonds. The number of sulfone groups is 1. The topological polar surface area (TPSA) is 92.8 Å². The van der Waals surface area contributed by atoms with E-state index >= 15 is 0 Å². The summed E-state index contributed by atoms with van der Waals surface area (Å²) in [6.45, 7) is 1.79. The van der Waals surface area contributed by atoms with Gasteiger partial charge in [0.05, 0.1) is 22.3 Å². The van der Waals surface area contributed by atoms with Crippen LogP contribution in [0.2, 0.25) is 0 Å². The van der Waals surface area contributed by atoms with Gasteiger partial charge in [-0.2, -0.15) is 5.26 Å². The maximum atomic E-state index is 12.2. The fourth-order valence-electron chi connectivity index (χ4n) is 1.82. The molecular weight excluding hydrogens is 290 g/mol.